The molecule has 0 amide bonds. The molecule has 17 heavy (non-hydrogen) atoms. The third-order valence-corrected chi connectivity index (χ3v) is 3.06. The molecule has 0 fully saturated rings. The maximum absolute atomic E-state index is 12.0. The summed E-state index contributed by atoms with van der Waals surface area (Å²) in [6, 6.07) is 5.95. The van der Waals surface area contributed by atoms with Gasteiger partial charge in [0.2, 0.25) is 0 Å². The number of aryl methyl sites for hydroxylation is 3. The van der Waals surface area contributed by atoms with Crippen LogP contribution in [0.5, 0.6) is 0 Å². The van der Waals surface area contributed by atoms with Gasteiger partial charge in [-0.15, -0.1) is 6.58 Å². The summed E-state index contributed by atoms with van der Waals surface area (Å²) in [7, 11) is 0. The minimum Gasteiger partial charge on any atom is -0.304 e. The Labute approximate surface area is 101 Å². The van der Waals surface area contributed by atoms with E-state index in [0.717, 1.165) is 22.0 Å². The molecular weight excluding hydrogens is 210 g/mol. The molecule has 0 N–H and O–H groups in total. The molecule has 1 aromatic heterocycles. The Hall–Kier alpha value is -1.83. The summed E-state index contributed by atoms with van der Waals surface area (Å²) < 4.78 is 1.78. The van der Waals surface area contributed by atoms with Crippen molar-refractivity contribution in [1.29, 1.82) is 0 Å². The van der Waals surface area contributed by atoms with Gasteiger partial charge in [-0.1, -0.05) is 17.7 Å². The van der Waals surface area contributed by atoms with Crippen LogP contribution in [0.2, 0.25) is 0 Å². The summed E-state index contributed by atoms with van der Waals surface area (Å²) in [5.41, 5.74) is 4.48. The Balaban J connectivity index is 2.99. The minimum absolute atomic E-state index is 0.0434. The van der Waals surface area contributed by atoms with Gasteiger partial charge in [-0.05, 0) is 38.0 Å². The van der Waals surface area contributed by atoms with Crippen molar-refractivity contribution in [2.24, 2.45) is 0 Å². The molecule has 2 aromatic rings. The van der Waals surface area contributed by atoms with Crippen LogP contribution in [-0.2, 0) is 6.54 Å². The number of rotatable bonds is 2. The highest BCUT2D eigenvalue weighted by Crippen LogP contribution is 2.22. The van der Waals surface area contributed by atoms with Crippen LogP contribution in [-0.4, -0.2) is 4.57 Å². The van der Waals surface area contributed by atoms with Crippen molar-refractivity contribution in [1.82, 2.24) is 4.57 Å². The zero-order chi connectivity index (χ0) is 12.6. The highest BCUT2D eigenvalue weighted by Gasteiger charge is 2.08. The normalized spacial score (nSPS) is 10.8. The monoisotopic (exact) mass is 227 g/mol. The van der Waals surface area contributed by atoms with Crippen molar-refractivity contribution in [3.8, 4) is 0 Å². The maximum atomic E-state index is 12.0. The van der Waals surface area contributed by atoms with Crippen molar-refractivity contribution >= 4 is 10.9 Å². The third-order valence-electron chi connectivity index (χ3n) is 3.06. The number of aromatic nitrogens is 1. The van der Waals surface area contributed by atoms with E-state index >= 15 is 0 Å². The lowest BCUT2D eigenvalue weighted by molar-refractivity contribution is 0.813. The van der Waals surface area contributed by atoms with Gasteiger partial charge in [-0.3, -0.25) is 4.79 Å². The quantitative estimate of drug-likeness (QED) is 0.722. The van der Waals surface area contributed by atoms with Crippen LogP contribution in [0.4, 0.5) is 0 Å². The summed E-state index contributed by atoms with van der Waals surface area (Å²) in [6.07, 6.45) is 1.76. The SMILES string of the molecule is C=CCn1c(=O)cc(C)c2cc(C)cc(C)c21. The van der Waals surface area contributed by atoms with E-state index in [2.05, 4.69) is 25.6 Å². The molecular formula is C15H17NO. The van der Waals surface area contributed by atoms with E-state index in [0.29, 0.717) is 6.54 Å². The Morgan fingerprint density at radius 3 is 2.53 bits per heavy atom. The molecule has 0 radical (unpaired) electrons. The Morgan fingerprint density at radius 2 is 1.88 bits per heavy atom. The van der Waals surface area contributed by atoms with Gasteiger partial charge in [0.1, 0.15) is 0 Å². The molecule has 0 unspecified atom stereocenters. The predicted molar refractivity (Wildman–Crippen MR) is 72.6 cm³/mol. The third kappa shape index (κ3) is 1.91. The summed E-state index contributed by atoms with van der Waals surface area (Å²) in [5, 5.41) is 1.16. The second-order valence-corrected chi connectivity index (χ2v) is 4.54. The van der Waals surface area contributed by atoms with Crippen LogP contribution < -0.4 is 5.56 Å². The molecule has 0 aliphatic heterocycles. The molecule has 2 rings (SSSR count). The van der Waals surface area contributed by atoms with Crippen molar-refractivity contribution < 1.29 is 0 Å². The number of hydrogen-bond acceptors (Lipinski definition) is 1. The number of fused-ring (bicyclic) bond motifs is 1. The number of pyridine rings is 1. The van der Waals surface area contributed by atoms with Crippen LogP contribution in [0.25, 0.3) is 10.9 Å². The lowest BCUT2D eigenvalue weighted by atomic mass is 10.0. The van der Waals surface area contributed by atoms with E-state index in [9.17, 15) is 4.79 Å². The average molecular weight is 227 g/mol. The molecule has 0 saturated carbocycles. The summed E-state index contributed by atoms with van der Waals surface area (Å²) in [6.45, 7) is 10.4. The zero-order valence-corrected chi connectivity index (χ0v) is 10.6. The molecule has 1 aromatic carbocycles. The van der Waals surface area contributed by atoms with Crippen molar-refractivity contribution in [3.63, 3.8) is 0 Å². The molecule has 0 aliphatic carbocycles. The fraction of sp³-hybridized carbons (Fsp3) is 0.267. The van der Waals surface area contributed by atoms with Crippen LogP contribution in [0.1, 0.15) is 16.7 Å². The molecule has 0 aliphatic rings. The molecule has 1 heterocycles. The topological polar surface area (TPSA) is 22.0 Å². The number of hydrogen-bond donors (Lipinski definition) is 0. The first kappa shape index (κ1) is 11.6. The van der Waals surface area contributed by atoms with Gasteiger partial charge in [-0.2, -0.15) is 0 Å². The van der Waals surface area contributed by atoms with Crippen LogP contribution in [0, 0.1) is 20.8 Å². The molecule has 88 valence electrons. The average Bonchev–Trinajstić information content (AvgIpc) is 2.24. The van der Waals surface area contributed by atoms with Gasteiger partial charge in [0, 0.05) is 18.0 Å². The largest absolute Gasteiger partial charge is 0.304 e. The van der Waals surface area contributed by atoms with E-state index in [-0.39, 0.29) is 5.56 Å². The summed E-state index contributed by atoms with van der Waals surface area (Å²) in [4.78, 5) is 12.0. The lowest BCUT2D eigenvalue weighted by Crippen LogP contribution is -2.20. The van der Waals surface area contributed by atoms with Crippen molar-refractivity contribution in [2.45, 2.75) is 27.3 Å². The second-order valence-electron chi connectivity index (χ2n) is 4.54. The zero-order valence-electron chi connectivity index (χ0n) is 10.6. The number of benzene rings is 1. The summed E-state index contributed by atoms with van der Waals surface area (Å²) in [5.74, 6) is 0. The fourth-order valence-corrected chi connectivity index (χ4v) is 2.38. The van der Waals surface area contributed by atoms with E-state index < -0.39 is 0 Å². The maximum Gasteiger partial charge on any atom is 0.251 e. The molecule has 0 spiro atoms. The smallest absolute Gasteiger partial charge is 0.251 e. The first-order valence-electron chi connectivity index (χ1n) is 5.77. The number of nitrogens with zero attached hydrogens (tertiary/aromatic N) is 1. The predicted octanol–water partition coefficient (Wildman–Crippen LogP) is 3.11. The van der Waals surface area contributed by atoms with E-state index in [1.807, 2.05) is 13.8 Å². The van der Waals surface area contributed by atoms with Crippen molar-refractivity contribution in [2.75, 3.05) is 0 Å². The Kier molecular flexibility index (Phi) is 2.88. The highest BCUT2D eigenvalue weighted by molar-refractivity contribution is 5.86. The first-order chi connectivity index (χ1) is 8.04. The second kappa shape index (κ2) is 4.21. The Bertz CT molecular complexity index is 650. The van der Waals surface area contributed by atoms with Crippen LogP contribution >= 0.6 is 0 Å². The highest BCUT2D eigenvalue weighted by atomic mass is 16.1. The van der Waals surface area contributed by atoms with Crippen LogP contribution in [0.3, 0.4) is 0 Å². The van der Waals surface area contributed by atoms with E-state index in [1.165, 1.54) is 5.56 Å². The van der Waals surface area contributed by atoms with Gasteiger partial charge < -0.3 is 4.57 Å². The standard InChI is InChI=1S/C15H17NO/c1-5-6-16-14(17)9-11(3)13-8-10(2)7-12(4)15(13)16/h5,7-9H,1,6H2,2-4H3. The van der Waals surface area contributed by atoms with Gasteiger partial charge in [0.25, 0.3) is 5.56 Å². The molecule has 2 heteroatoms. The molecule has 2 nitrogen and oxygen atoms in total. The van der Waals surface area contributed by atoms with Crippen molar-refractivity contribution in [3.05, 3.63) is 57.9 Å². The van der Waals surface area contributed by atoms with E-state index in [1.54, 1.807) is 16.7 Å². The van der Waals surface area contributed by atoms with Gasteiger partial charge in [-0.25, -0.2) is 0 Å². The minimum atomic E-state index is 0.0434. The van der Waals surface area contributed by atoms with Gasteiger partial charge in [0.15, 0.2) is 0 Å². The Morgan fingerprint density at radius 1 is 1.18 bits per heavy atom. The van der Waals surface area contributed by atoms with Gasteiger partial charge >= 0.3 is 0 Å². The van der Waals surface area contributed by atoms with Gasteiger partial charge in [0.05, 0.1) is 5.52 Å². The molecule has 0 atom stereocenters. The van der Waals surface area contributed by atoms with E-state index in [4.69, 9.17) is 0 Å². The summed E-state index contributed by atoms with van der Waals surface area (Å²) >= 11 is 0. The molecule has 0 bridgehead atoms. The first-order valence-corrected chi connectivity index (χ1v) is 5.77. The number of allylic oxidation sites excluding steroid dienone is 1. The fourth-order valence-electron chi connectivity index (χ4n) is 2.38. The molecule has 0 saturated heterocycles. The lowest BCUT2D eigenvalue weighted by Gasteiger charge is -2.13. The van der Waals surface area contributed by atoms with Crippen LogP contribution in [0.15, 0.2) is 35.6 Å².